The summed E-state index contributed by atoms with van der Waals surface area (Å²) in [6.45, 7) is 10.3. The van der Waals surface area contributed by atoms with E-state index in [0.717, 1.165) is 18.1 Å². The lowest BCUT2D eigenvalue weighted by atomic mass is 10.1. The van der Waals surface area contributed by atoms with Gasteiger partial charge in [0, 0.05) is 38.4 Å². The van der Waals surface area contributed by atoms with E-state index in [-0.39, 0.29) is 18.2 Å². The monoisotopic (exact) mass is 393 g/mol. The second-order valence-corrected chi connectivity index (χ2v) is 8.37. The van der Waals surface area contributed by atoms with Gasteiger partial charge in [-0.05, 0) is 41.8 Å². The number of hydrogen-bond donors (Lipinski definition) is 2. The van der Waals surface area contributed by atoms with Gasteiger partial charge in [-0.2, -0.15) is 5.10 Å². The molecule has 2 N–H and O–H groups in total. The van der Waals surface area contributed by atoms with E-state index in [1.165, 1.54) is 0 Å². The molecule has 1 aromatic rings. The molecule has 9 heteroatoms. The first-order valence-electron chi connectivity index (χ1n) is 9.76. The van der Waals surface area contributed by atoms with Crippen molar-refractivity contribution in [2.45, 2.75) is 45.4 Å². The average molecular weight is 394 g/mol. The van der Waals surface area contributed by atoms with Crippen LogP contribution in [0.3, 0.4) is 0 Å². The molecule has 28 heavy (non-hydrogen) atoms. The summed E-state index contributed by atoms with van der Waals surface area (Å²) in [7, 11) is 5.99. The topological polar surface area (TPSA) is 87.0 Å². The predicted molar refractivity (Wildman–Crippen MR) is 110 cm³/mol. The largest absolute Gasteiger partial charge is 0.444 e. The first-order valence-corrected chi connectivity index (χ1v) is 9.76. The molecule has 1 amide bonds. The molecular formula is C19H35N7O2. The Balaban J connectivity index is 1.91. The summed E-state index contributed by atoms with van der Waals surface area (Å²) < 4.78 is 7.20. The van der Waals surface area contributed by atoms with Crippen LogP contribution in [0.4, 0.5) is 4.79 Å². The third-order valence-corrected chi connectivity index (χ3v) is 4.37. The number of hydrogen-bond acceptors (Lipinski definition) is 5. The van der Waals surface area contributed by atoms with Crippen LogP contribution in [0.1, 0.15) is 39.3 Å². The Morgan fingerprint density at radius 1 is 1.43 bits per heavy atom. The van der Waals surface area contributed by atoms with Crippen molar-refractivity contribution >= 4 is 12.1 Å². The average Bonchev–Trinajstić information content (AvgIpc) is 2.94. The zero-order valence-electron chi connectivity index (χ0n) is 18.2. The fourth-order valence-corrected chi connectivity index (χ4v) is 2.92. The molecule has 0 bridgehead atoms. The summed E-state index contributed by atoms with van der Waals surface area (Å²) in [6, 6.07) is 0.310. The lowest BCUT2D eigenvalue weighted by Gasteiger charge is -2.40. The lowest BCUT2D eigenvalue weighted by molar-refractivity contribution is 0.00700. The first-order chi connectivity index (χ1) is 13.1. The van der Waals surface area contributed by atoms with Gasteiger partial charge in [-0.15, -0.1) is 0 Å². The van der Waals surface area contributed by atoms with Crippen molar-refractivity contribution in [1.29, 1.82) is 0 Å². The number of aryl methyl sites for hydroxylation is 1. The molecule has 0 radical (unpaired) electrons. The van der Waals surface area contributed by atoms with Crippen molar-refractivity contribution in [3.05, 3.63) is 18.0 Å². The van der Waals surface area contributed by atoms with Crippen LogP contribution < -0.4 is 10.6 Å². The van der Waals surface area contributed by atoms with Gasteiger partial charge in [-0.1, -0.05) is 0 Å². The summed E-state index contributed by atoms with van der Waals surface area (Å²) >= 11 is 0. The molecule has 0 aromatic carbocycles. The molecule has 0 spiro atoms. The van der Waals surface area contributed by atoms with Gasteiger partial charge in [0.25, 0.3) is 0 Å². The SMILES string of the molecule is CCNC(=NCC(c1cnn(C)c1)N(C)C)NC1CN(C(=O)OC(C)(C)C)C1. The highest BCUT2D eigenvalue weighted by Gasteiger charge is 2.34. The summed E-state index contributed by atoms with van der Waals surface area (Å²) in [6.07, 6.45) is 3.63. The number of amides is 1. The van der Waals surface area contributed by atoms with E-state index in [4.69, 9.17) is 9.73 Å². The molecule has 1 saturated heterocycles. The number of guanidine groups is 1. The van der Waals surface area contributed by atoms with Crippen molar-refractivity contribution in [3.63, 3.8) is 0 Å². The van der Waals surface area contributed by atoms with Gasteiger partial charge < -0.3 is 25.2 Å². The minimum atomic E-state index is -0.473. The third-order valence-electron chi connectivity index (χ3n) is 4.37. The second kappa shape index (κ2) is 9.27. The van der Waals surface area contributed by atoms with Gasteiger partial charge >= 0.3 is 6.09 Å². The van der Waals surface area contributed by atoms with E-state index in [9.17, 15) is 4.79 Å². The highest BCUT2D eigenvalue weighted by molar-refractivity contribution is 5.80. The van der Waals surface area contributed by atoms with Crippen LogP contribution in [0.5, 0.6) is 0 Å². The van der Waals surface area contributed by atoms with E-state index < -0.39 is 5.60 Å². The number of aliphatic imine (C=N–C) groups is 1. The Hall–Kier alpha value is -2.29. The Labute approximate surface area is 168 Å². The molecular weight excluding hydrogens is 358 g/mol. The van der Waals surface area contributed by atoms with E-state index >= 15 is 0 Å². The van der Waals surface area contributed by atoms with E-state index in [2.05, 4.69) is 20.6 Å². The highest BCUT2D eigenvalue weighted by Crippen LogP contribution is 2.18. The number of likely N-dealkylation sites (N-methyl/N-ethyl adjacent to an activating group) is 1. The standard InChI is InChI=1S/C19H35N7O2/c1-8-20-17(21-10-16(24(5)6)14-9-22-25(7)11-14)23-15-12-26(13-15)18(27)28-19(2,3)4/h9,11,15-16H,8,10,12-13H2,1-7H3,(H2,20,21,23). The van der Waals surface area contributed by atoms with Crippen LogP contribution in [0.2, 0.25) is 0 Å². The van der Waals surface area contributed by atoms with Crippen LogP contribution in [-0.4, -0.2) is 83.6 Å². The molecule has 1 aliphatic rings. The van der Waals surface area contributed by atoms with Crippen molar-refractivity contribution in [2.24, 2.45) is 12.0 Å². The van der Waals surface area contributed by atoms with Gasteiger partial charge in [0.15, 0.2) is 5.96 Å². The molecule has 0 aliphatic carbocycles. The van der Waals surface area contributed by atoms with Crippen LogP contribution in [-0.2, 0) is 11.8 Å². The summed E-state index contributed by atoms with van der Waals surface area (Å²) in [5.74, 6) is 0.757. The molecule has 1 fully saturated rings. The highest BCUT2D eigenvalue weighted by atomic mass is 16.6. The van der Waals surface area contributed by atoms with Gasteiger partial charge in [0.05, 0.1) is 24.8 Å². The number of aromatic nitrogens is 2. The third kappa shape index (κ3) is 6.40. The fraction of sp³-hybridized carbons (Fsp3) is 0.737. The number of rotatable bonds is 6. The number of likely N-dealkylation sites (tertiary alicyclic amines) is 1. The summed E-state index contributed by atoms with van der Waals surface area (Å²) in [5.41, 5.74) is 0.659. The number of ether oxygens (including phenoxy) is 1. The quantitative estimate of drug-likeness (QED) is 0.558. The molecule has 1 aliphatic heterocycles. The maximum atomic E-state index is 12.1. The zero-order valence-corrected chi connectivity index (χ0v) is 18.2. The minimum absolute atomic E-state index is 0.142. The molecule has 158 valence electrons. The molecule has 1 atom stereocenters. The Morgan fingerprint density at radius 2 is 2.11 bits per heavy atom. The number of nitrogens with one attached hydrogen (secondary N) is 2. The summed E-state index contributed by atoms with van der Waals surface area (Å²) in [5, 5.41) is 10.9. The number of nitrogens with zero attached hydrogens (tertiary/aromatic N) is 5. The lowest BCUT2D eigenvalue weighted by Crippen LogP contribution is -2.63. The molecule has 0 saturated carbocycles. The van der Waals surface area contributed by atoms with E-state index in [1.807, 2.05) is 61.2 Å². The van der Waals surface area contributed by atoms with Crippen molar-refractivity contribution < 1.29 is 9.53 Å². The van der Waals surface area contributed by atoms with Crippen LogP contribution in [0.25, 0.3) is 0 Å². The zero-order chi connectivity index (χ0) is 20.9. The van der Waals surface area contributed by atoms with Gasteiger partial charge in [0.1, 0.15) is 5.60 Å². The van der Waals surface area contributed by atoms with Crippen LogP contribution in [0.15, 0.2) is 17.4 Å². The molecule has 9 nitrogen and oxygen atoms in total. The normalized spacial score (nSPS) is 16.7. The van der Waals surface area contributed by atoms with Crippen LogP contribution in [0, 0.1) is 0 Å². The molecule has 2 heterocycles. The summed E-state index contributed by atoms with van der Waals surface area (Å²) in [4.78, 5) is 20.7. The predicted octanol–water partition coefficient (Wildman–Crippen LogP) is 1.20. The van der Waals surface area contributed by atoms with Gasteiger partial charge in [-0.25, -0.2) is 4.79 Å². The minimum Gasteiger partial charge on any atom is -0.444 e. The van der Waals surface area contributed by atoms with E-state index in [1.54, 1.807) is 9.58 Å². The van der Waals surface area contributed by atoms with Gasteiger partial charge in [0.2, 0.25) is 0 Å². The Bertz CT molecular complexity index is 672. The number of carbonyl (C=O) groups excluding carboxylic acids is 1. The van der Waals surface area contributed by atoms with E-state index in [0.29, 0.717) is 19.6 Å². The first kappa shape index (κ1) is 22.0. The Kier molecular flexibility index (Phi) is 7.29. The molecule has 1 unspecified atom stereocenters. The van der Waals surface area contributed by atoms with Crippen molar-refractivity contribution in [1.82, 2.24) is 30.2 Å². The fourth-order valence-electron chi connectivity index (χ4n) is 2.92. The second-order valence-electron chi connectivity index (χ2n) is 8.37. The van der Waals surface area contributed by atoms with Crippen molar-refractivity contribution in [3.8, 4) is 0 Å². The maximum absolute atomic E-state index is 12.1. The van der Waals surface area contributed by atoms with Gasteiger partial charge in [-0.3, -0.25) is 9.67 Å². The Morgan fingerprint density at radius 3 is 2.61 bits per heavy atom. The molecule has 1 aromatic heterocycles. The van der Waals surface area contributed by atoms with Crippen molar-refractivity contribution in [2.75, 3.05) is 40.3 Å². The smallest absolute Gasteiger partial charge is 0.410 e. The molecule has 2 rings (SSSR count). The maximum Gasteiger partial charge on any atom is 0.410 e. The number of carbonyl (C=O) groups is 1. The van der Waals surface area contributed by atoms with Crippen LogP contribution >= 0.6 is 0 Å².